The Kier molecular flexibility index (Phi) is 2.91. The summed E-state index contributed by atoms with van der Waals surface area (Å²) in [7, 11) is 0. The Morgan fingerprint density at radius 3 is 3.06 bits per heavy atom. The first-order valence-electron chi connectivity index (χ1n) is 6.34. The lowest BCUT2D eigenvalue weighted by atomic mass is 10.2. The molecule has 1 unspecified atom stereocenters. The molecule has 0 bridgehead atoms. The zero-order valence-corrected chi connectivity index (χ0v) is 10.2. The number of hydrogen-bond donors (Lipinski definition) is 1. The predicted molar refractivity (Wildman–Crippen MR) is 62.7 cm³/mol. The predicted octanol–water partition coefficient (Wildman–Crippen LogP) is -0.106. The molecule has 0 aliphatic carbocycles. The Bertz CT molecular complexity index is 458. The van der Waals surface area contributed by atoms with E-state index in [-0.39, 0.29) is 12.2 Å². The van der Waals surface area contributed by atoms with E-state index >= 15 is 0 Å². The number of carbonyl (C=O) groups is 1. The van der Waals surface area contributed by atoms with E-state index in [0.29, 0.717) is 19.6 Å². The van der Waals surface area contributed by atoms with Gasteiger partial charge in [-0.1, -0.05) is 0 Å². The smallest absolute Gasteiger partial charge is 0.410 e. The number of carbonyl (C=O) groups excluding carboxylic acids is 1. The highest BCUT2D eigenvalue weighted by molar-refractivity contribution is 5.69. The van der Waals surface area contributed by atoms with Gasteiger partial charge in [-0.2, -0.15) is 0 Å². The van der Waals surface area contributed by atoms with Gasteiger partial charge in [0.1, 0.15) is 11.9 Å². The van der Waals surface area contributed by atoms with E-state index in [9.17, 15) is 4.79 Å². The summed E-state index contributed by atoms with van der Waals surface area (Å²) in [5.41, 5.74) is 5.51. The highest BCUT2D eigenvalue weighted by Gasteiger charge is 2.31. The van der Waals surface area contributed by atoms with Crippen LogP contribution >= 0.6 is 0 Å². The van der Waals surface area contributed by atoms with Crippen LogP contribution in [0.4, 0.5) is 4.79 Å². The Balaban J connectivity index is 1.73. The van der Waals surface area contributed by atoms with Crippen LogP contribution < -0.4 is 5.73 Å². The topological polar surface area (TPSA) is 86.3 Å². The quantitative estimate of drug-likeness (QED) is 0.810. The zero-order valence-electron chi connectivity index (χ0n) is 10.2. The molecule has 7 nitrogen and oxygen atoms in total. The van der Waals surface area contributed by atoms with Crippen molar-refractivity contribution >= 4 is 6.09 Å². The molecule has 0 radical (unpaired) electrons. The van der Waals surface area contributed by atoms with Gasteiger partial charge in [0.05, 0.1) is 13.1 Å². The zero-order chi connectivity index (χ0) is 12.5. The van der Waals surface area contributed by atoms with E-state index in [0.717, 1.165) is 31.0 Å². The van der Waals surface area contributed by atoms with Gasteiger partial charge in [-0.15, -0.1) is 10.2 Å². The molecular formula is C11H17N5O2. The average molecular weight is 251 g/mol. The van der Waals surface area contributed by atoms with Crippen LogP contribution in [0.5, 0.6) is 0 Å². The van der Waals surface area contributed by atoms with Crippen molar-refractivity contribution < 1.29 is 9.53 Å². The standard InChI is InChI=1S/C11H17N5O2/c12-5-8-6-15(11(17)18-8)7-10-14-13-9-3-1-2-4-16(9)10/h8H,1-7,12H2. The van der Waals surface area contributed by atoms with Gasteiger partial charge in [-0.3, -0.25) is 4.90 Å². The van der Waals surface area contributed by atoms with Crippen LogP contribution in [0, 0.1) is 0 Å². The molecule has 3 heterocycles. The Morgan fingerprint density at radius 2 is 2.28 bits per heavy atom. The third-order valence-electron chi connectivity index (χ3n) is 3.48. The SMILES string of the molecule is NCC1CN(Cc2nnc3n2CCCC3)C(=O)O1. The minimum atomic E-state index is -0.307. The van der Waals surface area contributed by atoms with E-state index in [1.807, 2.05) is 0 Å². The van der Waals surface area contributed by atoms with Crippen molar-refractivity contribution in [3.63, 3.8) is 0 Å². The number of aryl methyl sites for hydroxylation is 1. The normalized spacial score (nSPS) is 23.1. The second-order valence-electron chi connectivity index (χ2n) is 4.76. The Labute approximate surface area is 105 Å². The van der Waals surface area contributed by atoms with Crippen molar-refractivity contribution in [1.29, 1.82) is 0 Å². The summed E-state index contributed by atoms with van der Waals surface area (Å²) in [5, 5.41) is 8.35. The molecule has 1 amide bonds. The first-order valence-corrected chi connectivity index (χ1v) is 6.34. The van der Waals surface area contributed by atoms with E-state index < -0.39 is 0 Å². The van der Waals surface area contributed by atoms with Crippen molar-refractivity contribution in [3.05, 3.63) is 11.6 Å². The molecule has 1 fully saturated rings. The van der Waals surface area contributed by atoms with Crippen molar-refractivity contribution in [1.82, 2.24) is 19.7 Å². The van der Waals surface area contributed by atoms with Crippen molar-refractivity contribution in [2.45, 2.75) is 38.5 Å². The molecule has 0 spiro atoms. The maximum absolute atomic E-state index is 11.6. The molecule has 3 rings (SSSR count). The van der Waals surface area contributed by atoms with Gasteiger partial charge >= 0.3 is 6.09 Å². The number of ether oxygens (including phenoxy) is 1. The number of nitrogens with zero attached hydrogens (tertiary/aromatic N) is 4. The van der Waals surface area contributed by atoms with Crippen LogP contribution in [0.3, 0.4) is 0 Å². The molecule has 0 saturated carbocycles. The lowest BCUT2D eigenvalue weighted by Crippen LogP contribution is -2.29. The molecule has 18 heavy (non-hydrogen) atoms. The monoisotopic (exact) mass is 251 g/mol. The van der Waals surface area contributed by atoms with Gasteiger partial charge in [0.2, 0.25) is 0 Å². The van der Waals surface area contributed by atoms with Crippen LogP contribution in [-0.2, 0) is 24.2 Å². The number of rotatable bonds is 3. The maximum Gasteiger partial charge on any atom is 0.410 e. The molecule has 98 valence electrons. The summed E-state index contributed by atoms with van der Waals surface area (Å²) in [4.78, 5) is 13.3. The lowest BCUT2D eigenvalue weighted by Gasteiger charge is -2.17. The highest BCUT2D eigenvalue weighted by atomic mass is 16.6. The first-order chi connectivity index (χ1) is 8.78. The molecule has 1 aromatic rings. The third-order valence-corrected chi connectivity index (χ3v) is 3.48. The fraction of sp³-hybridized carbons (Fsp3) is 0.727. The number of nitrogens with two attached hydrogens (primary N) is 1. The summed E-state index contributed by atoms with van der Waals surface area (Å²) in [6.07, 6.45) is 2.79. The molecule has 0 aromatic carbocycles. The van der Waals surface area contributed by atoms with Gasteiger partial charge in [-0.05, 0) is 12.8 Å². The van der Waals surface area contributed by atoms with Crippen LogP contribution in [-0.4, -0.2) is 45.0 Å². The van der Waals surface area contributed by atoms with Crippen LogP contribution in [0.2, 0.25) is 0 Å². The van der Waals surface area contributed by atoms with Crippen molar-refractivity contribution in [2.24, 2.45) is 5.73 Å². The highest BCUT2D eigenvalue weighted by Crippen LogP contribution is 2.18. The number of aromatic nitrogens is 3. The minimum Gasteiger partial charge on any atom is -0.443 e. The van der Waals surface area contributed by atoms with Gasteiger partial charge in [0, 0.05) is 19.5 Å². The lowest BCUT2D eigenvalue weighted by molar-refractivity contribution is 0.134. The molecule has 2 aliphatic rings. The second-order valence-corrected chi connectivity index (χ2v) is 4.76. The van der Waals surface area contributed by atoms with Crippen LogP contribution in [0.1, 0.15) is 24.5 Å². The van der Waals surface area contributed by atoms with E-state index in [4.69, 9.17) is 10.5 Å². The second kappa shape index (κ2) is 4.56. The summed E-state index contributed by atoms with van der Waals surface area (Å²) < 4.78 is 7.24. The van der Waals surface area contributed by atoms with E-state index in [1.165, 1.54) is 6.42 Å². The molecule has 2 aliphatic heterocycles. The van der Waals surface area contributed by atoms with E-state index in [2.05, 4.69) is 14.8 Å². The number of fused-ring (bicyclic) bond motifs is 1. The molecule has 7 heteroatoms. The molecular weight excluding hydrogens is 234 g/mol. The summed E-state index contributed by atoms with van der Waals surface area (Å²) in [6.45, 7) is 2.31. The van der Waals surface area contributed by atoms with Crippen LogP contribution in [0.25, 0.3) is 0 Å². The van der Waals surface area contributed by atoms with Gasteiger partial charge in [-0.25, -0.2) is 4.79 Å². The van der Waals surface area contributed by atoms with Gasteiger partial charge < -0.3 is 15.0 Å². The largest absolute Gasteiger partial charge is 0.443 e. The summed E-state index contributed by atoms with van der Waals surface area (Å²) in [5.74, 6) is 1.87. The summed E-state index contributed by atoms with van der Waals surface area (Å²) >= 11 is 0. The number of hydrogen-bond acceptors (Lipinski definition) is 5. The van der Waals surface area contributed by atoms with Gasteiger partial charge in [0.15, 0.2) is 5.82 Å². The Morgan fingerprint density at radius 1 is 1.39 bits per heavy atom. The van der Waals surface area contributed by atoms with E-state index in [1.54, 1.807) is 4.90 Å². The maximum atomic E-state index is 11.6. The fourth-order valence-corrected chi connectivity index (χ4v) is 2.48. The molecule has 1 saturated heterocycles. The minimum absolute atomic E-state index is 0.193. The van der Waals surface area contributed by atoms with Crippen molar-refractivity contribution in [3.8, 4) is 0 Å². The number of cyclic esters (lactones) is 1. The third kappa shape index (κ3) is 1.94. The fourth-order valence-electron chi connectivity index (χ4n) is 2.48. The molecule has 1 aromatic heterocycles. The van der Waals surface area contributed by atoms with Crippen molar-refractivity contribution in [2.75, 3.05) is 13.1 Å². The molecule has 2 N–H and O–H groups in total. The van der Waals surface area contributed by atoms with Gasteiger partial charge in [0.25, 0.3) is 0 Å². The number of amides is 1. The average Bonchev–Trinajstić information content (AvgIpc) is 2.95. The molecule has 1 atom stereocenters. The summed E-state index contributed by atoms with van der Waals surface area (Å²) in [6, 6.07) is 0. The Hall–Kier alpha value is -1.63. The van der Waals surface area contributed by atoms with Crippen LogP contribution in [0.15, 0.2) is 0 Å². The first kappa shape index (κ1) is 11.5.